The number of rotatable bonds is 7. The van der Waals surface area contributed by atoms with Crippen molar-refractivity contribution in [3.63, 3.8) is 0 Å². The lowest BCUT2D eigenvalue weighted by Crippen LogP contribution is -1.96. The molecule has 0 bridgehead atoms. The van der Waals surface area contributed by atoms with Crippen molar-refractivity contribution in [2.75, 3.05) is 21.3 Å². The Morgan fingerprint density at radius 2 is 1.69 bits per heavy atom. The molecule has 0 N–H and O–H groups in total. The van der Waals surface area contributed by atoms with Crippen LogP contribution in [0, 0.1) is 0 Å². The first-order valence-electron chi connectivity index (χ1n) is 8.03. The lowest BCUT2D eigenvalue weighted by atomic mass is 10.2. The maximum Gasteiger partial charge on any atom is 0.191 e. The summed E-state index contributed by atoms with van der Waals surface area (Å²) < 4.78 is 18.0. The average molecular weight is 371 g/mol. The number of hydrogen-bond donors (Lipinski definition) is 0. The second-order valence-corrected chi connectivity index (χ2v) is 6.51. The van der Waals surface area contributed by atoms with Gasteiger partial charge in [0.25, 0.3) is 0 Å². The van der Waals surface area contributed by atoms with Crippen molar-refractivity contribution in [3.8, 4) is 28.6 Å². The van der Waals surface area contributed by atoms with Gasteiger partial charge in [-0.25, -0.2) is 0 Å². The zero-order valence-electron chi connectivity index (χ0n) is 15.2. The minimum atomic E-state index is 0.699. The molecular weight excluding hydrogens is 350 g/mol. The molecule has 1 aromatic heterocycles. The van der Waals surface area contributed by atoms with Crippen molar-refractivity contribution in [2.24, 2.45) is 7.05 Å². The first-order valence-corrected chi connectivity index (χ1v) is 9.02. The summed E-state index contributed by atoms with van der Waals surface area (Å²) >= 11 is 1.60. The molecule has 6 nitrogen and oxygen atoms in total. The van der Waals surface area contributed by atoms with Gasteiger partial charge in [-0.1, -0.05) is 23.9 Å². The van der Waals surface area contributed by atoms with E-state index in [1.54, 1.807) is 33.1 Å². The minimum Gasteiger partial charge on any atom is -0.497 e. The first kappa shape index (κ1) is 18.1. The summed E-state index contributed by atoms with van der Waals surface area (Å²) in [5, 5.41) is 9.48. The monoisotopic (exact) mass is 371 g/mol. The standard InChI is InChI=1S/C19H21N3O3S/c1-22-18(13-6-5-7-15(10-13)23-2)20-21-19(22)26-12-14-11-16(24-3)8-9-17(14)25-4/h5-11H,12H2,1-4H3. The van der Waals surface area contributed by atoms with Gasteiger partial charge in [-0.05, 0) is 30.3 Å². The van der Waals surface area contributed by atoms with Crippen LogP contribution in [0.4, 0.5) is 0 Å². The smallest absolute Gasteiger partial charge is 0.191 e. The van der Waals surface area contributed by atoms with E-state index in [9.17, 15) is 0 Å². The summed E-state index contributed by atoms with van der Waals surface area (Å²) in [7, 11) is 6.93. The zero-order valence-corrected chi connectivity index (χ0v) is 16.0. The third-order valence-corrected chi connectivity index (χ3v) is 5.08. The molecule has 1 heterocycles. The molecule has 3 aromatic rings. The molecule has 0 aliphatic rings. The average Bonchev–Trinajstić information content (AvgIpc) is 3.06. The maximum atomic E-state index is 5.44. The topological polar surface area (TPSA) is 58.4 Å². The predicted molar refractivity (Wildman–Crippen MR) is 102 cm³/mol. The van der Waals surface area contributed by atoms with Crippen molar-refractivity contribution < 1.29 is 14.2 Å². The molecule has 0 fully saturated rings. The van der Waals surface area contributed by atoms with E-state index in [0.29, 0.717) is 5.75 Å². The Hall–Kier alpha value is -2.67. The maximum absolute atomic E-state index is 5.44. The van der Waals surface area contributed by atoms with E-state index in [-0.39, 0.29) is 0 Å². The predicted octanol–water partition coefficient (Wildman–Crippen LogP) is 3.80. The summed E-state index contributed by atoms with van der Waals surface area (Å²) in [4.78, 5) is 0. The second-order valence-electron chi connectivity index (χ2n) is 5.56. The fourth-order valence-electron chi connectivity index (χ4n) is 2.59. The summed E-state index contributed by atoms with van der Waals surface area (Å²) in [5.74, 6) is 3.92. The number of aromatic nitrogens is 3. The fourth-order valence-corrected chi connectivity index (χ4v) is 3.48. The van der Waals surface area contributed by atoms with Crippen molar-refractivity contribution in [1.82, 2.24) is 14.8 Å². The largest absolute Gasteiger partial charge is 0.497 e. The quantitative estimate of drug-likeness (QED) is 0.589. The van der Waals surface area contributed by atoms with Crippen molar-refractivity contribution in [3.05, 3.63) is 48.0 Å². The minimum absolute atomic E-state index is 0.699. The highest BCUT2D eigenvalue weighted by Crippen LogP contribution is 2.31. The summed E-state index contributed by atoms with van der Waals surface area (Å²) in [6, 6.07) is 13.6. The lowest BCUT2D eigenvalue weighted by molar-refractivity contribution is 0.400. The molecule has 0 unspecified atom stereocenters. The van der Waals surface area contributed by atoms with Gasteiger partial charge in [0.1, 0.15) is 17.2 Å². The number of thioether (sulfide) groups is 1. The molecule has 0 saturated carbocycles. The molecule has 0 radical (unpaired) electrons. The van der Waals surface area contributed by atoms with E-state index in [1.807, 2.05) is 54.1 Å². The first-order chi connectivity index (χ1) is 12.7. The van der Waals surface area contributed by atoms with Gasteiger partial charge in [0.05, 0.1) is 21.3 Å². The van der Waals surface area contributed by atoms with Gasteiger partial charge in [0, 0.05) is 23.9 Å². The van der Waals surface area contributed by atoms with E-state index >= 15 is 0 Å². The Kier molecular flexibility index (Phi) is 5.68. The number of hydrogen-bond acceptors (Lipinski definition) is 6. The van der Waals surface area contributed by atoms with Crippen LogP contribution in [0.2, 0.25) is 0 Å². The van der Waals surface area contributed by atoms with Gasteiger partial charge in [0.2, 0.25) is 0 Å². The molecule has 3 rings (SSSR count). The summed E-state index contributed by atoms with van der Waals surface area (Å²) in [5.41, 5.74) is 2.01. The Balaban J connectivity index is 1.81. The highest BCUT2D eigenvalue weighted by atomic mass is 32.2. The van der Waals surface area contributed by atoms with E-state index in [2.05, 4.69) is 10.2 Å². The van der Waals surface area contributed by atoms with Crippen LogP contribution in [0.25, 0.3) is 11.4 Å². The molecule has 0 atom stereocenters. The molecule has 2 aromatic carbocycles. The normalized spacial score (nSPS) is 10.6. The Morgan fingerprint density at radius 1 is 0.923 bits per heavy atom. The van der Waals surface area contributed by atoms with Crippen molar-refractivity contribution in [1.29, 1.82) is 0 Å². The van der Waals surface area contributed by atoms with E-state index in [4.69, 9.17) is 14.2 Å². The zero-order chi connectivity index (χ0) is 18.5. The number of methoxy groups -OCH3 is 3. The molecule has 7 heteroatoms. The third-order valence-electron chi connectivity index (χ3n) is 4.01. The summed E-state index contributed by atoms with van der Waals surface area (Å²) in [6.45, 7) is 0. The van der Waals surface area contributed by atoms with Gasteiger partial charge < -0.3 is 18.8 Å². The van der Waals surface area contributed by atoms with Gasteiger partial charge in [0.15, 0.2) is 11.0 Å². The van der Waals surface area contributed by atoms with Crippen LogP contribution in [-0.2, 0) is 12.8 Å². The van der Waals surface area contributed by atoms with E-state index in [1.165, 1.54) is 0 Å². The third kappa shape index (κ3) is 3.77. The van der Waals surface area contributed by atoms with Gasteiger partial charge >= 0.3 is 0 Å². The van der Waals surface area contributed by atoms with Crippen LogP contribution in [0.1, 0.15) is 5.56 Å². The fraction of sp³-hybridized carbons (Fsp3) is 0.263. The summed E-state index contributed by atoms with van der Waals surface area (Å²) in [6.07, 6.45) is 0. The van der Waals surface area contributed by atoms with Crippen LogP contribution in [0.5, 0.6) is 17.2 Å². The van der Waals surface area contributed by atoms with E-state index in [0.717, 1.165) is 39.4 Å². The Labute approximate surface area is 157 Å². The SMILES string of the molecule is COc1cccc(-c2nnc(SCc3cc(OC)ccc3OC)n2C)c1. The second kappa shape index (κ2) is 8.14. The van der Waals surface area contributed by atoms with Crippen LogP contribution < -0.4 is 14.2 Å². The molecule has 0 aliphatic heterocycles. The highest BCUT2D eigenvalue weighted by Gasteiger charge is 2.13. The molecule has 0 spiro atoms. The number of ether oxygens (including phenoxy) is 3. The molecule has 0 saturated heterocycles. The highest BCUT2D eigenvalue weighted by molar-refractivity contribution is 7.98. The number of nitrogens with zero attached hydrogens (tertiary/aromatic N) is 3. The number of benzene rings is 2. The molecule has 0 aliphatic carbocycles. The lowest BCUT2D eigenvalue weighted by Gasteiger charge is -2.10. The van der Waals surface area contributed by atoms with Crippen LogP contribution in [0.15, 0.2) is 47.6 Å². The Bertz CT molecular complexity index is 895. The molecule has 0 amide bonds. The molecule has 26 heavy (non-hydrogen) atoms. The molecule has 136 valence electrons. The van der Waals surface area contributed by atoms with Gasteiger partial charge in [-0.15, -0.1) is 10.2 Å². The Morgan fingerprint density at radius 3 is 2.42 bits per heavy atom. The molecular formula is C19H21N3O3S. The van der Waals surface area contributed by atoms with Crippen molar-refractivity contribution in [2.45, 2.75) is 10.9 Å². The van der Waals surface area contributed by atoms with Crippen LogP contribution >= 0.6 is 11.8 Å². The van der Waals surface area contributed by atoms with Crippen molar-refractivity contribution >= 4 is 11.8 Å². The van der Waals surface area contributed by atoms with Gasteiger partial charge in [-0.3, -0.25) is 0 Å². The van der Waals surface area contributed by atoms with Crippen LogP contribution in [-0.4, -0.2) is 36.1 Å². The van der Waals surface area contributed by atoms with Crippen LogP contribution in [0.3, 0.4) is 0 Å². The van der Waals surface area contributed by atoms with E-state index < -0.39 is 0 Å². The van der Waals surface area contributed by atoms with Gasteiger partial charge in [-0.2, -0.15) is 0 Å².